The second-order valence-corrected chi connectivity index (χ2v) is 7.40. The van der Waals surface area contributed by atoms with Gasteiger partial charge in [-0.3, -0.25) is 9.59 Å². The normalized spacial score (nSPS) is 13.9. The minimum atomic E-state index is -0.236. The van der Waals surface area contributed by atoms with Crippen LogP contribution in [0.15, 0.2) is 61.1 Å². The number of nitriles is 1. The predicted molar refractivity (Wildman–Crippen MR) is 112 cm³/mol. The molecule has 7 nitrogen and oxygen atoms in total. The van der Waals surface area contributed by atoms with E-state index in [9.17, 15) is 9.59 Å². The number of halogens is 1. The standard InChI is InChI=1S/C22H18ClN5O2/c23-18-2-1-3-19(10-18)28-9-8-26(14-21(28)29)22(30)20-12-25-15-27(20)13-17-6-4-16(11-24)5-7-17/h1-7,10,12,15H,8-9,13-14H2. The van der Waals surface area contributed by atoms with Gasteiger partial charge in [-0.05, 0) is 35.9 Å². The van der Waals surface area contributed by atoms with E-state index in [2.05, 4.69) is 11.1 Å². The van der Waals surface area contributed by atoms with Crippen LogP contribution in [0, 0.1) is 11.3 Å². The Morgan fingerprint density at radius 1 is 1.17 bits per heavy atom. The summed E-state index contributed by atoms with van der Waals surface area (Å²) in [4.78, 5) is 33.0. The molecule has 1 aliphatic heterocycles. The molecule has 1 aromatic heterocycles. The lowest BCUT2D eigenvalue weighted by Crippen LogP contribution is -2.52. The molecule has 2 aromatic carbocycles. The van der Waals surface area contributed by atoms with Crippen LogP contribution in [0.4, 0.5) is 5.69 Å². The summed E-state index contributed by atoms with van der Waals surface area (Å²) in [6.07, 6.45) is 3.11. The smallest absolute Gasteiger partial charge is 0.272 e. The molecule has 2 amide bonds. The predicted octanol–water partition coefficient (Wildman–Crippen LogP) is 2.95. The summed E-state index contributed by atoms with van der Waals surface area (Å²) in [5, 5.41) is 9.48. The Morgan fingerprint density at radius 2 is 1.97 bits per heavy atom. The third-order valence-corrected chi connectivity index (χ3v) is 5.23. The number of amides is 2. The molecular weight excluding hydrogens is 402 g/mol. The zero-order valence-corrected chi connectivity index (χ0v) is 16.8. The zero-order chi connectivity index (χ0) is 21.1. The van der Waals surface area contributed by atoms with E-state index in [0.717, 1.165) is 11.3 Å². The Balaban J connectivity index is 1.46. The van der Waals surface area contributed by atoms with Gasteiger partial charge in [-0.2, -0.15) is 5.26 Å². The van der Waals surface area contributed by atoms with Crippen LogP contribution in [-0.4, -0.2) is 45.9 Å². The van der Waals surface area contributed by atoms with Crippen molar-refractivity contribution in [3.05, 3.63) is 82.9 Å². The highest BCUT2D eigenvalue weighted by atomic mass is 35.5. The first-order valence-electron chi connectivity index (χ1n) is 9.39. The van der Waals surface area contributed by atoms with E-state index < -0.39 is 0 Å². The van der Waals surface area contributed by atoms with Gasteiger partial charge in [0.25, 0.3) is 5.91 Å². The molecule has 0 N–H and O–H groups in total. The molecule has 150 valence electrons. The van der Waals surface area contributed by atoms with Crippen molar-refractivity contribution in [2.75, 3.05) is 24.5 Å². The van der Waals surface area contributed by atoms with E-state index >= 15 is 0 Å². The first-order valence-corrected chi connectivity index (χ1v) is 9.77. The molecule has 1 fully saturated rings. The topological polar surface area (TPSA) is 82.2 Å². The Morgan fingerprint density at radius 3 is 2.67 bits per heavy atom. The van der Waals surface area contributed by atoms with Crippen LogP contribution in [-0.2, 0) is 11.3 Å². The van der Waals surface area contributed by atoms with Crippen LogP contribution in [0.25, 0.3) is 0 Å². The molecule has 1 aliphatic rings. The summed E-state index contributed by atoms with van der Waals surface area (Å²) in [5.74, 6) is -0.393. The minimum absolute atomic E-state index is 0.00655. The number of carbonyl (C=O) groups excluding carboxylic acids is 2. The van der Waals surface area contributed by atoms with E-state index in [-0.39, 0.29) is 18.4 Å². The lowest BCUT2D eigenvalue weighted by Gasteiger charge is -2.34. The van der Waals surface area contributed by atoms with E-state index in [1.165, 1.54) is 11.1 Å². The van der Waals surface area contributed by atoms with Gasteiger partial charge in [0.15, 0.2) is 0 Å². The second-order valence-electron chi connectivity index (χ2n) is 6.97. The highest BCUT2D eigenvalue weighted by molar-refractivity contribution is 6.30. The molecule has 0 spiro atoms. The highest BCUT2D eigenvalue weighted by Crippen LogP contribution is 2.22. The van der Waals surface area contributed by atoms with Gasteiger partial charge in [-0.25, -0.2) is 4.98 Å². The van der Waals surface area contributed by atoms with Gasteiger partial charge in [0.2, 0.25) is 5.91 Å². The summed E-state index contributed by atoms with van der Waals surface area (Å²) >= 11 is 6.03. The Kier molecular flexibility index (Phi) is 5.50. The highest BCUT2D eigenvalue weighted by Gasteiger charge is 2.30. The van der Waals surface area contributed by atoms with Crippen LogP contribution in [0.2, 0.25) is 5.02 Å². The first kappa shape index (κ1) is 19.7. The number of nitrogens with zero attached hydrogens (tertiary/aromatic N) is 5. The molecule has 8 heteroatoms. The van der Waals surface area contributed by atoms with Crippen molar-refractivity contribution in [3.63, 3.8) is 0 Å². The van der Waals surface area contributed by atoms with E-state index in [1.807, 2.05) is 18.2 Å². The van der Waals surface area contributed by atoms with Gasteiger partial charge in [0.1, 0.15) is 12.2 Å². The quantitative estimate of drug-likeness (QED) is 0.651. The van der Waals surface area contributed by atoms with Crippen molar-refractivity contribution >= 4 is 29.1 Å². The maximum atomic E-state index is 13.0. The Hall–Kier alpha value is -3.63. The number of piperazine rings is 1. The molecule has 0 aliphatic carbocycles. The molecule has 1 saturated heterocycles. The molecule has 3 aromatic rings. The molecule has 0 atom stereocenters. The summed E-state index contributed by atoms with van der Waals surface area (Å²) in [5.41, 5.74) is 2.67. The second kappa shape index (κ2) is 8.39. The van der Waals surface area contributed by atoms with Crippen LogP contribution in [0.1, 0.15) is 21.6 Å². The Labute approximate surface area is 178 Å². The maximum Gasteiger partial charge on any atom is 0.272 e. The van der Waals surface area contributed by atoms with Crippen molar-refractivity contribution in [1.82, 2.24) is 14.5 Å². The third kappa shape index (κ3) is 4.04. The third-order valence-electron chi connectivity index (χ3n) is 5.00. The van der Waals surface area contributed by atoms with E-state index in [0.29, 0.717) is 35.9 Å². The molecule has 0 bridgehead atoms. The number of anilines is 1. The van der Waals surface area contributed by atoms with Gasteiger partial charge < -0.3 is 14.4 Å². The largest absolute Gasteiger partial charge is 0.326 e. The van der Waals surface area contributed by atoms with Crippen molar-refractivity contribution in [2.24, 2.45) is 0 Å². The summed E-state index contributed by atoms with van der Waals surface area (Å²) in [7, 11) is 0. The average Bonchev–Trinajstić information content (AvgIpc) is 3.21. The monoisotopic (exact) mass is 419 g/mol. The molecule has 4 rings (SSSR count). The number of carbonyl (C=O) groups is 2. The zero-order valence-electron chi connectivity index (χ0n) is 16.0. The van der Waals surface area contributed by atoms with Gasteiger partial charge in [0.05, 0.1) is 24.2 Å². The fraction of sp³-hybridized carbons (Fsp3) is 0.182. The SMILES string of the molecule is N#Cc1ccc(Cn2cncc2C(=O)N2CCN(c3cccc(Cl)c3)C(=O)C2)cc1. The van der Waals surface area contributed by atoms with Crippen molar-refractivity contribution < 1.29 is 9.59 Å². The lowest BCUT2D eigenvalue weighted by atomic mass is 10.1. The van der Waals surface area contributed by atoms with Crippen LogP contribution in [0.5, 0.6) is 0 Å². The first-order chi connectivity index (χ1) is 14.5. The fourth-order valence-electron chi connectivity index (χ4n) is 3.43. The number of hydrogen-bond acceptors (Lipinski definition) is 4. The fourth-order valence-corrected chi connectivity index (χ4v) is 3.62. The van der Waals surface area contributed by atoms with Crippen molar-refractivity contribution in [3.8, 4) is 6.07 Å². The minimum Gasteiger partial charge on any atom is -0.326 e. The van der Waals surface area contributed by atoms with E-state index in [1.54, 1.807) is 46.1 Å². The molecule has 0 saturated carbocycles. The van der Waals surface area contributed by atoms with Gasteiger partial charge in [-0.15, -0.1) is 0 Å². The summed E-state index contributed by atoms with van der Waals surface area (Å²) < 4.78 is 1.75. The van der Waals surface area contributed by atoms with Crippen LogP contribution < -0.4 is 4.90 Å². The van der Waals surface area contributed by atoms with E-state index in [4.69, 9.17) is 16.9 Å². The van der Waals surface area contributed by atoms with Gasteiger partial charge in [0, 0.05) is 30.3 Å². The number of rotatable bonds is 4. The van der Waals surface area contributed by atoms with Crippen molar-refractivity contribution in [1.29, 1.82) is 5.26 Å². The number of benzene rings is 2. The summed E-state index contributed by atoms with van der Waals surface area (Å²) in [6.45, 7) is 1.25. The van der Waals surface area contributed by atoms with Gasteiger partial charge >= 0.3 is 0 Å². The van der Waals surface area contributed by atoms with Gasteiger partial charge in [-0.1, -0.05) is 29.8 Å². The van der Waals surface area contributed by atoms with Crippen LogP contribution in [0.3, 0.4) is 0 Å². The Bertz CT molecular complexity index is 1130. The molecule has 2 heterocycles. The van der Waals surface area contributed by atoms with Crippen LogP contribution >= 0.6 is 11.6 Å². The molecule has 0 radical (unpaired) electrons. The molecule has 0 unspecified atom stereocenters. The molecule has 30 heavy (non-hydrogen) atoms. The molecular formula is C22H18ClN5O2. The van der Waals surface area contributed by atoms with Crippen molar-refractivity contribution in [2.45, 2.75) is 6.54 Å². The number of hydrogen-bond donors (Lipinski definition) is 0. The number of imidazole rings is 1. The number of aromatic nitrogens is 2. The average molecular weight is 420 g/mol. The summed E-state index contributed by atoms with van der Waals surface area (Å²) in [6, 6.07) is 16.4. The maximum absolute atomic E-state index is 13.0. The lowest BCUT2D eigenvalue weighted by molar-refractivity contribution is -0.120.